The van der Waals surface area contributed by atoms with Crippen LogP contribution >= 0.6 is 15.9 Å². The summed E-state index contributed by atoms with van der Waals surface area (Å²) in [6, 6.07) is 6.66. The smallest absolute Gasteiger partial charge is 0.125 e. The van der Waals surface area contributed by atoms with E-state index < -0.39 is 0 Å². The maximum atomic E-state index is 5.81. The molecule has 1 aliphatic rings. The van der Waals surface area contributed by atoms with Crippen LogP contribution in [0.1, 0.15) is 44.2 Å². The largest absolute Gasteiger partial charge is 0.493 e. The molecule has 0 spiro atoms. The number of benzene rings is 1. The first kappa shape index (κ1) is 14.4. The maximum Gasteiger partial charge on any atom is 0.125 e. The Morgan fingerprint density at radius 2 is 2.42 bits per heavy atom. The molecule has 1 heterocycles. The molecule has 102 valence electrons. The van der Waals surface area contributed by atoms with E-state index in [-0.39, 0.29) is 12.1 Å². The Morgan fingerprint density at radius 1 is 1.58 bits per heavy atom. The number of halogens is 1. The van der Waals surface area contributed by atoms with Gasteiger partial charge in [0.25, 0.3) is 0 Å². The minimum absolute atomic E-state index is 0.143. The second-order valence-corrected chi connectivity index (χ2v) is 5.82. The van der Waals surface area contributed by atoms with Crippen LogP contribution in [0.4, 0.5) is 0 Å². The van der Waals surface area contributed by atoms with E-state index >= 15 is 0 Å². The summed E-state index contributed by atoms with van der Waals surface area (Å²) in [7, 11) is 0. The van der Waals surface area contributed by atoms with Gasteiger partial charge in [0.1, 0.15) is 5.75 Å². The van der Waals surface area contributed by atoms with Crippen molar-refractivity contribution in [1.82, 2.24) is 5.32 Å². The van der Waals surface area contributed by atoms with Crippen molar-refractivity contribution >= 4 is 15.9 Å². The Balaban J connectivity index is 2.20. The van der Waals surface area contributed by atoms with Crippen LogP contribution < -0.4 is 10.1 Å². The lowest BCUT2D eigenvalue weighted by atomic mass is 10.00. The molecular weight excluding hydrogens is 302 g/mol. The molecule has 1 N–H and O–H groups in total. The number of terminal acetylenes is 1. The summed E-state index contributed by atoms with van der Waals surface area (Å²) in [6.45, 7) is 2.93. The van der Waals surface area contributed by atoms with Crippen LogP contribution in [0.2, 0.25) is 0 Å². The fourth-order valence-corrected chi connectivity index (χ4v) is 2.81. The van der Waals surface area contributed by atoms with Crippen LogP contribution in [-0.2, 0) is 0 Å². The Kier molecular flexibility index (Phi) is 5.30. The summed E-state index contributed by atoms with van der Waals surface area (Å²) < 4.78 is 6.86. The average molecular weight is 322 g/mol. The quantitative estimate of drug-likeness (QED) is 0.844. The molecule has 1 aliphatic heterocycles. The molecule has 0 aliphatic carbocycles. The van der Waals surface area contributed by atoms with Gasteiger partial charge in [-0.05, 0) is 31.4 Å². The standard InChI is InChI=1S/C16H20BrNO/c1-3-6-13(4-2)18-15-7-5-10-19-16-11-12(17)8-9-14(15)16/h2,8-9,11,13,15,18H,3,5-7,10H2,1H3. The van der Waals surface area contributed by atoms with Gasteiger partial charge in [-0.15, -0.1) is 6.42 Å². The van der Waals surface area contributed by atoms with Crippen LogP contribution in [0, 0.1) is 12.3 Å². The van der Waals surface area contributed by atoms with Gasteiger partial charge in [0.05, 0.1) is 12.6 Å². The normalized spacial score (nSPS) is 19.7. The molecule has 1 aromatic rings. The van der Waals surface area contributed by atoms with Gasteiger partial charge in [0.2, 0.25) is 0 Å². The molecule has 2 atom stereocenters. The lowest BCUT2D eigenvalue weighted by Gasteiger charge is -2.22. The maximum absolute atomic E-state index is 5.81. The van der Waals surface area contributed by atoms with Crippen molar-refractivity contribution in [3.8, 4) is 18.1 Å². The van der Waals surface area contributed by atoms with E-state index in [0.717, 1.165) is 42.5 Å². The van der Waals surface area contributed by atoms with Crippen LogP contribution in [-0.4, -0.2) is 12.6 Å². The van der Waals surface area contributed by atoms with Crippen molar-refractivity contribution < 1.29 is 4.74 Å². The molecule has 19 heavy (non-hydrogen) atoms. The predicted octanol–water partition coefficient (Wildman–Crippen LogP) is 4.05. The van der Waals surface area contributed by atoms with Crippen LogP contribution in [0.3, 0.4) is 0 Å². The summed E-state index contributed by atoms with van der Waals surface area (Å²) >= 11 is 3.49. The lowest BCUT2D eigenvalue weighted by molar-refractivity contribution is 0.314. The number of hydrogen-bond acceptors (Lipinski definition) is 2. The molecule has 0 aromatic heterocycles. The summed E-state index contributed by atoms with van der Waals surface area (Å²) in [6.07, 6.45) is 9.83. The van der Waals surface area contributed by atoms with Gasteiger partial charge in [-0.2, -0.15) is 0 Å². The van der Waals surface area contributed by atoms with Crippen molar-refractivity contribution in [3.63, 3.8) is 0 Å². The molecule has 1 aromatic carbocycles. The lowest BCUT2D eigenvalue weighted by Crippen LogP contribution is -2.31. The number of ether oxygens (including phenoxy) is 1. The third kappa shape index (κ3) is 3.75. The zero-order valence-corrected chi connectivity index (χ0v) is 12.9. The summed E-state index contributed by atoms with van der Waals surface area (Å²) in [5.74, 6) is 3.82. The van der Waals surface area contributed by atoms with Gasteiger partial charge in [-0.25, -0.2) is 0 Å². The summed E-state index contributed by atoms with van der Waals surface area (Å²) in [5.41, 5.74) is 1.22. The number of hydrogen-bond donors (Lipinski definition) is 1. The molecule has 3 heteroatoms. The van der Waals surface area contributed by atoms with Crippen molar-refractivity contribution in [1.29, 1.82) is 0 Å². The zero-order chi connectivity index (χ0) is 13.7. The van der Waals surface area contributed by atoms with Crippen molar-refractivity contribution in [2.24, 2.45) is 0 Å². The fraction of sp³-hybridized carbons (Fsp3) is 0.500. The molecule has 0 radical (unpaired) electrons. The van der Waals surface area contributed by atoms with Crippen molar-refractivity contribution in [2.75, 3.05) is 6.61 Å². The first-order valence-corrected chi connectivity index (χ1v) is 7.68. The Hall–Kier alpha value is -0.980. The van der Waals surface area contributed by atoms with Crippen molar-refractivity contribution in [2.45, 2.75) is 44.7 Å². The highest BCUT2D eigenvalue weighted by Gasteiger charge is 2.21. The fourth-order valence-electron chi connectivity index (χ4n) is 2.47. The first-order valence-electron chi connectivity index (χ1n) is 6.89. The van der Waals surface area contributed by atoms with Crippen molar-refractivity contribution in [3.05, 3.63) is 28.2 Å². The summed E-state index contributed by atoms with van der Waals surface area (Å²) in [5, 5.41) is 3.59. The highest BCUT2D eigenvalue weighted by atomic mass is 79.9. The van der Waals surface area contributed by atoms with E-state index in [0.29, 0.717) is 0 Å². The zero-order valence-electron chi connectivity index (χ0n) is 11.3. The van der Waals surface area contributed by atoms with Gasteiger partial charge in [0.15, 0.2) is 0 Å². The van der Waals surface area contributed by atoms with E-state index in [2.05, 4.69) is 46.2 Å². The van der Waals surface area contributed by atoms with Gasteiger partial charge >= 0.3 is 0 Å². The molecule has 2 nitrogen and oxygen atoms in total. The summed E-state index contributed by atoms with van der Waals surface area (Å²) in [4.78, 5) is 0. The SMILES string of the molecule is C#CC(CCC)NC1CCCOc2cc(Br)ccc21. The van der Waals surface area contributed by atoms with Gasteiger partial charge < -0.3 is 4.74 Å². The molecule has 0 saturated carbocycles. The van der Waals surface area contributed by atoms with Gasteiger partial charge in [0, 0.05) is 16.1 Å². The third-order valence-electron chi connectivity index (χ3n) is 3.43. The van der Waals surface area contributed by atoms with Gasteiger partial charge in [-0.1, -0.05) is 41.3 Å². The van der Waals surface area contributed by atoms with Crippen LogP contribution in [0.15, 0.2) is 22.7 Å². The topological polar surface area (TPSA) is 21.3 Å². The third-order valence-corrected chi connectivity index (χ3v) is 3.92. The van der Waals surface area contributed by atoms with E-state index in [4.69, 9.17) is 11.2 Å². The number of rotatable bonds is 4. The Morgan fingerprint density at radius 3 is 3.16 bits per heavy atom. The minimum atomic E-state index is 0.143. The van der Waals surface area contributed by atoms with Crippen LogP contribution in [0.25, 0.3) is 0 Å². The Bertz CT molecular complexity index is 466. The molecule has 2 rings (SSSR count). The molecule has 0 saturated heterocycles. The van der Waals surface area contributed by atoms with E-state index in [1.54, 1.807) is 0 Å². The average Bonchev–Trinajstić information content (AvgIpc) is 2.60. The number of nitrogens with one attached hydrogen (secondary N) is 1. The van der Waals surface area contributed by atoms with Gasteiger partial charge in [-0.3, -0.25) is 5.32 Å². The molecule has 2 unspecified atom stereocenters. The minimum Gasteiger partial charge on any atom is -0.493 e. The highest BCUT2D eigenvalue weighted by molar-refractivity contribution is 9.10. The van der Waals surface area contributed by atoms with Crippen LogP contribution in [0.5, 0.6) is 5.75 Å². The van der Waals surface area contributed by atoms with E-state index in [1.165, 1.54) is 5.56 Å². The van der Waals surface area contributed by atoms with E-state index in [1.807, 2.05) is 6.07 Å². The first-order chi connectivity index (χ1) is 9.24. The predicted molar refractivity (Wildman–Crippen MR) is 82.3 cm³/mol. The molecular formula is C16H20BrNO. The molecule has 0 fully saturated rings. The highest BCUT2D eigenvalue weighted by Crippen LogP contribution is 2.34. The molecule has 0 bridgehead atoms. The second-order valence-electron chi connectivity index (χ2n) is 4.90. The molecule has 0 amide bonds. The second kappa shape index (κ2) is 6.98. The monoisotopic (exact) mass is 321 g/mol. The Labute approximate surface area is 124 Å². The van der Waals surface area contributed by atoms with E-state index in [9.17, 15) is 0 Å². The number of fused-ring (bicyclic) bond motifs is 1.